The minimum Gasteiger partial charge on any atom is -0.480 e. The second kappa shape index (κ2) is 7.19. The van der Waals surface area contributed by atoms with Crippen LogP contribution in [0.3, 0.4) is 0 Å². The molecule has 0 spiro atoms. The lowest BCUT2D eigenvalue weighted by atomic mass is 9.99. The number of carboxylic acids is 1. The average molecular weight is 281 g/mol. The highest BCUT2D eigenvalue weighted by Crippen LogP contribution is 2.15. The zero-order chi connectivity index (χ0) is 14.4. The zero-order valence-electron chi connectivity index (χ0n) is 11.3. The van der Waals surface area contributed by atoms with Gasteiger partial charge in [-0.05, 0) is 36.4 Å². The number of carbonyl (C=O) groups is 2. The summed E-state index contributed by atoms with van der Waals surface area (Å²) in [5, 5.41) is 11.7. The van der Waals surface area contributed by atoms with Crippen LogP contribution in [0.1, 0.15) is 30.6 Å². The Morgan fingerprint density at radius 1 is 1.32 bits per heavy atom. The molecule has 5 heteroatoms. The maximum Gasteiger partial charge on any atom is 0.326 e. The van der Waals surface area contributed by atoms with E-state index in [4.69, 9.17) is 5.11 Å². The highest BCUT2D eigenvalue weighted by atomic mass is 32.2. The van der Waals surface area contributed by atoms with Crippen LogP contribution < -0.4 is 5.32 Å². The lowest BCUT2D eigenvalue weighted by Gasteiger charge is -2.20. The van der Waals surface area contributed by atoms with Crippen LogP contribution in [-0.2, 0) is 4.79 Å². The van der Waals surface area contributed by atoms with E-state index in [9.17, 15) is 9.59 Å². The summed E-state index contributed by atoms with van der Waals surface area (Å²) in [6.07, 6.45) is 2.65. The third-order valence-corrected chi connectivity index (χ3v) is 3.86. The number of rotatable bonds is 6. The molecule has 0 aliphatic rings. The number of amides is 1. The molecule has 2 atom stereocenters. The molecule has 0 aliphatic carbocycles. The van der Waals surface area contributed by atoms with Crippen LogP contribution in [0.25, 0.3) is 0 Å². The number of hydrogen-bond donors (Lipinski definition) is 2. The van der Waals surface area contributed by atoms with Crippen molar-refractivity contribution in [1.29, 1.82) is 0 Å². The lowest BCUT2D eigenvalue weighted by Crippen LogP contribution is -2.45. The molecule has 0 aliphatic heterocycles. The SMILES string of the molecule is CC[C@H](C)[C@H](NC(=O)c1ccc(SC)cc1)C(=O)O. The first-order chi connectivity index (χ1) is 8.99. The van der Waals surface area contributed by atoms with Gasteiger partial charge in [-0.1, -0.05) is 20.3 Å². The fraction of sp³-hybridized carbons (Fsp3) is 0.429. The van der Waals surface area contributed by atoms with Crippen LogP contribution in [0.15, 0.2) is 29.2 Å². The summed E-state index contributed by atoms with van der Waals surface area (Å²) in [5.74, 6) is -1.45. The van der Waals surface area contributed by atoms with Crippen LogP contribution >= 0.6 is 11.8 Å². The molecule has 0 fully saturated rings. The van der Waals surface area contributed by atoms with Crippen molar-refractivity contribution in [3.63, 3.8) is 0 Å². The minimum atomic E-state index is -0.997. The molecule has 0 unspecified atom stereocenters. The molecule has 1 aromatic rings. The Bertz CT molecular complexity index is 445. The van der Waals surface area contributed by atoms with Gasteiger partial charge >= 0.3 is 5.97 Å². The molecule has 1 rings (SSSR count). The van der Waals surface area contributed by atoms with Gasteiger partial charge in [-0.15, -0.1) is 11.8 Å². The lowest BCUT2D eigenvalue weighted by molar-refractivity contribution is -0.140. The summed E-state index contributed by atoms with van der Waals surface area (Å²) in [7, 11) is 0. The third kappa shape index (κ3) is 4.28. The Morgan fingerprint density at radius 3 is 2.32 bits per heavy atom. The zero-order valence-corrected chi connectivity index (χ0v) is 12.2. The maximum atomic E-state index is 12.0. The summed E-state index contributed by atoms with van der Waals surface area (Å²) in [4.78, 5) is 24.2. The monoisotopic (exact) mass is 281 g/mol. The van der Waals surface area contributed by atoms with E-state index in [-0.39, 0.29) is 11.8 Å². The number of benzene rings is 1. The van der Waals surface area contributed by atoms with Crippen molar-refractivity contribution < 1.29 is 14.7 Å². The van der Waals surface area contributed by atoms with Gasteiger partial charge in [0.1, 0.15) is 6.04 Å². The first-order valence-corrected chi connectivity index (χ1v) is 7.39. The predicted molar refractivity (Wildman–Crippen MR) is 76.6 cm³/mol. The van der Waals surface area contributed by atoms with E-state index in [1.165, 1.54) is 0 Å². The largest absolute Gasteiger partial charge is 0.480 e. The third-order valence-electron chi connectivity index (χ3n) is 3.12. The Balaban J connectivity index is 2.78. The van der Waals surface area contributed by atoms with Crippen molar-refractivity contribution >= 4 is 23.6 Å². The second-order valence-electron chi connectivity index (χ2n) is 4.40. The van der Waals surface area contributed by atoms with E-state index < -0.39 is 12.0 Å². The van der Waals surface area contributed by atoms with E-state index in [2.05, 4.69) is 5.32 Å². The molecule has 2 N–H and O–H groups in total. The van der Waals surface area contributed by atoms with Crippen LogP contribution in [-0.4, -0.2) is 29.3 Å². The average Bonchev–Trinajstić information content (AvgIpc) is 2.43. The Labute approximate surface area is 117 Å². The van der Waals surface area contributed by atoms with Gasteiger partial charge < -0.3 is 10.4 Å². The van der Waals surface area contributed by atoms with Crippen molar-refractivity contribution in [3.05, 3.63) is 29.8 Å². The van der Waals surface area contributed by atoms with Crippen LogP contribution in [0.5, 0.6) is 0 Å². The number of aliphatic carboxylic acids is 1. The second-order valence-corrected chi connectivity index (χ2v) is 5.28. The summed E-state index contributed by atoms with van der Waals surface area (Å²) in [6.45, 7) is 3.72. The normalized spacial score (nSPS) is 13.6. The van der Waals surface area contributed by atoms with Crippen LogP contribution in [0.4, 0.5) is 0 Å². The van der Waals surface area contributed by atoms with Crippen LogP contribution in [0, 0.1) is 5.92 Å². The molecule has 0 heterocycles. The fourth-order valence-corrected chi connectivity index (χ4v) is 2.06. The molecular formula is C14H19NO3S. The number of hydrogen-bond acceptors (Lipinski definition) is 3. The summed E-state index contributed by atoms with van der Waals surface area (Å²) >= 11 is 1.59. The number of carboxylic acid groups (broad SMARTS) is 1. The van der Waals surface area contributed by atoms with Gasteiger partial charge in [0.05, 0.1) is 0 Å². The maximum absolute atomic E-state index is 12.0. The van der Waals surface area contributed by atoms with E-state index in [1.54, 1.807) is 23.9 Å². The molecule has 1 amide bonds. The molecule has 0 aromatic heterocycles. The highest BCUT2D eigenvalue weighted by Gasteiger charge is 2.25. The quantitative estimate of drug-likeness (QED) is 0.787. The van der Waals surface area contributed by atoms with E-state index in [0.717, 1.165) is 4.90 Å². The summed E-state index contributed by atoms with van der Waals surface area (Å²) in [6, 6.07) is 6.25. The van der Waals surface area contributed by atoms with Crippen molar-refractivity contribution in [1.82, 2.24) is 5.32 Å². The standard InChI is InChI=1S/C14H19NO3S/c1-4-9(2)12(14(17)18)15-13(16)10-5-7-11(19-3)8-6-10/h5-9,12H,4H2,1-3H3,(H,15,16)(H,17,18)/t9-,12-/m0/s1. The van der Waals surface area contributed by atoms with Gasteiger partial charge in [-0.2, -0.15) is 0 Å². The fourth-order valence-electron chi connectivity index (χ4n) is 1.65. The topological polar surface area (TPSA) is 66.4 Å². The Kier molecular flexibility index (Phi) is 5.89. The van der Waals surface area contributed by atoms with Gasteiger partial charge in [0.15, 0.2) is 0 Å². The van der Waals surface area contributed by atoms with Crippen LogP contribution in [0.2, 0.25) is 0 Å². The van der Waals surface area contributed by atoms with Crippen molar-refractivity contribution in [2.75, 3.05) is 6.26 Å². The van der Waals surface area contributed by atoms with E-state index in [0.29, 0.717) is 12.0 Å². The molecule has 19 heavy (non-hydrogen) atoms. The van der Waals surface area contributed by atoms with Crippen molar-refractivity contribution in [2.45, 2.75) is 31.2 Å². The molecule has 104 valence electrons. The van der Waals surface area contributed by atoms with Crippen molar-refractivity contribution in [2.24, 2.45) is 5.92 Å². The molecule has 0 saturated heterocycles. The number of carbonyl (C=O) groups excluding carboxylic acids is 1. The Hall–Kier alpha value is -1.49. The molecular weight excluding hydrogens is 262 g/mol. The van der Waals surface area contributed by atoms with Gasteiger partial charge in [-0.3, -0.25) is 4.79 Å². The molecule has 1 aromatic carbocycles. The molecule has 0 saturated carbocycles. The minimum absolute atomic E-state index is 0.105. The Morgan fingerprint density at radius 2 is 1.89 bits per heavy atom. The van der Waals surface area contributed by atoms with E-state index in [1.807, 2.05) is 32.2 Å². The number of thioether (sulfide) groups is 1. The summed E-state index contributed by atoms with van der Waals surface area (Å²) < 4.78 is 0. The van der Waals surface area contributed by atoms with Crippen molar-refractivity contribution in [3.8, 4) is 0 Å². The van der Waals surface area contributed by atoms with Gasteiger partial charge in [0.25, 0.3) is 5.91 Å². The van der Waals surface area contributed by atoms with E-state index >= 15 is 0 Å². The smallest absolute Gasteiger partial charge is 0.326 e. The molecule has 0 bridgehead atoms. The van der Waals surface area contributed by atoms with Gasteiger partial charge in [-0.25, -0.2) is 4.79 Å². The first-order valence-electron chi connectivity index (χ1n) is 6.17. The summed E-state index contributed by atoms with van der Waals surface area (Å²) in [5.41, 5.74) is 0.479. The number of nitrogens with one attached hydrogen (secondary N) is 1. The van der Waals surface area contributed by atoms with Gasteiger partial charge in [0.2, 0.25) is 0 Å². The van der Waals surface area contributed by atoms with Gasteiger partial charge in [0, 0.05) is 10.5 Å². The molecule has 0 radical (unpaired) electrons. The predicted octanol–water partition coefficient (Wildman–Crippen LogP) is 2.64. The first kappa shape index (κ1) is 15.6. The molecule has 4 nitrogen and oxygen atoms in total. The highest BCUT2D eigenvalue weighted by molar-refractivity contribution is 7.98.